The minimum atomic E-state index is -0.378. The van der Waals surface area contributed by atoms with Gasteiger partial charge in [0.25, 0.3) is 0 Å². The van der Waals surface area contributed by atoms with Crippen molar-refractivity contribution in [2.45, 2.75) is 12.6 Å². The van der Waals surface area contributed by atoms with Gasteiger partial charge in [0.2, 0.25) is 0 Å². The first-order valence-electron chi connectivity index (χ1n) is 5.67. The second kappa shape index (κ2) is 7.26. The lowest BCUT2D eigenvalue weighted by molar-refractivity contribution is -0.0260. The van der Waals surface area contributed by atoms with Gasteiger partial charge in [0, 0.05) is 26.2 Å². The SMILES string of the molecule is Cl.NCC1CN(Cc2ccc(F)c(Cl)c2)CCO1. The second-order valence-electron chi connectivity index (χ2n) is 4.21. The molecule has 1 saturated heterocycles. The van der Waals surface area contributed by atoms with Crippen LogP contribution in [0.4, 0.5) is 4.39 Å². The van der Waals surface area contributed by atoms with E-state index in [0.717, 1.165) is 25.2 Å². The van der Waals surface area contributed by atoms with Gasteiger partial charge in [0.05, 0.1) is 17.7 Å². The summed E-state index contributed by atoms with van der Waals surface area (Å²) < 4.78 is 18.5. The number of nitrogens with two attached hydrogens (primary N) is 1. The standard InChI is InChI=1S/C12H16ClFN2O.ClH/c13-11-5-9(1-2-12(11)14)7-16-3-4-17-10(6-15)8-16;/h1-2,5,10H,3-4,6-8,15H2;1H. The summed E-state index contributed by atoms with van der Waals surface area (Å²) in [4.78, 5) is 2.24. The molecule has 1 aromatic carbocycles. The average molecular weight is 295 g/mol. The molecule has 1 fully saturated rings. The Bertz CT molecular complexity index is 392. The largest absolute Gasteiger partial charge is 0.374 e. The Morgan fingerprint density at radius 3 is 2.94 bits per heavy atom. The summed E-state index contributed by atoms with van der Waals surface area (Å²) in [7, 11) is 0. The van der Waals surface area contributed by atoms with Crippen molar-refractivity contribution < 1.29 is 9.13 Å². The van der Waals surface area contributed by atoms with E-state index in [1.165, 1.54) is 6.07 Å². The molecule has 3 nitrogen and oxygen atoms in total. The number of halogens is 3. The van der Waals surface area contributed by atoms with Crippen LogP contribution >= 0.6 is 24.0 Å². The van der Waals surface area contributed by atoms with Crippen molar-refractivity contribution in [3.8, 4) is 0 Å². The van der Waals surface area contributed by atoms with Crippen LogP contribution in [0.3, 0.4) is 0 Å². The minimum absolute atomic E-state index is 0. The van der Waals surface area contributed by atoms with Crippen molar-refractivity contribution in [2.75, 3.05) is 26.2 Å². The lowest BCUT2D eigenvalue weighted by atomic mass is 10.2. The van der Waals surface area contributed by atoms with E-state index < -0.39 is 0 Å². The maximum absolute atomic E-state index is 13.0. The van der Waals surface area contributed by atoms with E-state index in [1.807, 2.05) is 0 Å². The van der Waals surface area contributed by atoms with Crippen LogP contribution in [0.25, 0.3) is 0 Å². The second-order valence-corrected chi connectivity index (χ2v) is 4.62. The highest BCUT2D eigenvalue weighted by Gasteiger charge is 2.19. The fraction of sp³-hybridized carbons (Fsp3) is 0.500. The van der Waals surface area contributed by atoms with Gasteiger partial charge < -0.3 is 10.5 Å². The van der Waals surface area contributed by atoms with Crippen molar-refractivity contribution in [1.29, 1.82) is 0 Å². The Hall–Kier alpha value is -0.390. The molecule has 0 spiro atoms. The zero-order valence-corrected chi connectivity index (χ0v) is 11.5. The fourth-order valence-electron chi connectivity index (χ4n) is 1.96. The van der Waals surface area contributed by atoms with E-state index in [2.05, 4.69) is 4.90 Å². The monoisotopic (exact) mass is 294 g/mol. The molecule has 1 aliphatic rings. The molecule has 0 saturated carbocycles. The molecule has 0 amide bonds. The van der Waals surface area contributed by atoms with Gasteiger partial charge in [0.1, 0.15) is 5.82 Å². The Morgan fingerprint density at radius 2 is 2.28 bits per heavy atom. The van der Waals surface area contributed by atoms with Gasteiger partial charge in [-0.25, -0.2) is 4.39 Å². The summed E-state index contributed by atoms with van der Waals surface area (Å²) in [6.07, 6.45) is 0.0969. The fourth-order valence-corrected chi connectivity index (χ4v) is 2.17. The highest BCUT2D eigenvalue weighted by Crippen LogP contribution is 2.18. The predicted molar refractivity (Wildman–Crippen MR) is 72.7 cm³/mol. The van der Waals surface area contributed by atoms with Gasteiger partial charge in [-0.3, -0.25) is 4.90 Å². The summed E-state index contributed by atoms with van der Waals surface area (Å²) in [6.45, 7) is 3.65. The molecule has 1 aromatic rings. The molecule has 0 aliphatic carbocycles. The van der Waals surface area contributed by atoms with Crippen LogP contribution < -0.4 is 5.73 Å². The van der Waals surface area contributed by atoms with Crippen LogP contribution in [0.5, 0.6) is 0 Å². The number of benzene rings is 1. The molecule has 2 N–H and O–H groups in total. The quantitative estimate of drug-likeness (QED) is 0.927. The van der Waals surface area contributed by atoms with Crippen molar-refractivity contribution in [3.63, 3.8) is 0 Å². The van der Waals surface area contributed by atoms with Gasteiger partial charge in [0.15, 0.2) is 0 Å². The zero-order valence-electron chi connectivity index (χ0n) is 9.94. The van der Waals surface area contributed by atoms with E-state index in [-0.39, 0.29) is 29.4 Å². The van der Waals surface area contributed by atoms with Crippen LogP contribution in [0.15, 0.2) is 18.2 Å². The molecule has 0 radical (unpaired) electrons. The van der Waals surface area contributed by atoms with Crippen molar-refractivity contribution >= 4 is 24.0 Å². The van der Waals surface area contributed by atoms with Gasteiger partial charge in [-0.05, 0) is 17.7 Å². The Balaban J connectivity index is 0.00000162. The molecule has 6 heteroatoms. The zero-order chi connectivity index (χ0) is 12.3. The third-order valence-electron chi connectivity index (χ3n) is 2.88. The lowest BCUT2D eigenvalue weighted by Crippen LogP contribution is -2.45. The molecule has 1 aliphatic heterocycles. The normalized spacial score (nSPS) is 20.5. The molecular formula is C12H17Cl2FN2O. The molecule has 1 unspecified atom stereocenters. The third kappa shape index (κ3) is 4.07. The average Bonchev–Trinajstić information content (AvgIpc) is 2.34. The van der Waals surface area contributed by atoms with E-state index in [0.29, 0.717) is 13.2 Å². The van der Waals surface area contributed by atoms with Crippen LogP contribution in [0.2, 0.25) is 5.02 Å². The molecule has 0 bridgehead atoms. The number of hydrogen-bond donors (Lipinski definition) is 1. The van der Waals surface area contributed by atoms with Crippen molar-refractivity contribution in [2.24, 2.45) is 5.73 Å². The van der Waals surface area contributed by atoms with Crippen LogP contribution in [0, 0.1) is 5.82 Å². The van der Waals surface area contributed by atoms with E-state index in [1.54, 1.807) is 12.1 Å². The first-order chi connectivity index (χ1) is 8.19. The number of ether oxygens (including phenoxy) is 1. The number of rotatable bonds is 3. The number of nitrogens with zero attached hydrogens (tertiary/aromatic N) is 1. The van der Waals surface area contributed by atoms with Crippen LogP contribution in [-0.2, 0) is 11.3 Å². The lowest BCUT2D eigenvalue weighted by Gasteiger charge is -2.32. The first-order valence-corrected chi connectivity index (χ1v) is 6.05. The molecule has 1 atom stereocenters. The van der Waals surface area contributed by atoms with Gasteiger partial charge in [-0.2, -0.15) is 0 Å². The van der Waals surface area contributed by atoms with Crippen molar-refractivity contribution in [3.05, 3.63) is 34.6 Å². The summed E-state index contributed by atoms with van der Waals surface area (Å²) in [5, 5.41) is 0.172. The van der Waals surface area contributed by atoms with Crippen LogP contribution in [-0.4, -0.2) is 37.2 Å². The maximum atomic E-state index is 13.0. The summed E-state index contributed by atoms with van der Waals surface area (Å²) >= 11 is 5.75. The van der Waals surface area contributed by atoms with E-state index >= 15 is 0 Å². The smallest absolute Gasteiger partial charge is 0.141 e. The molecular weight excluding hydrogens is 278 g/mol. The van der Waals surface area contributed by atoms with Gasteiger partial charge >= 0.3 is 0 Å². The van der Waals surface area contributed by atoms with Gasteiger partial charge in [-0.1, -0.05) is 17.7 Å². The summed E-state index contributed by atoms with van der Waals surface area (Å²) in [5.74, 6) is -0.378. The first kappa shape index (κ1) is 15.7. The third-order valence-corrected chi connectivity index (χ3v) is 3.17. The number of morpholine rings is 1. The molecule has 2 rings (SSSR count). The molecule has 18 heavy (non-hydrogen) atoms. The number of hydrogen-bond acceptors (Lipinski definition) is 3. The Labute approximate surface area is 117 Å². The highest BCUT2D eigenvalue weighted by molar-refractivity contribution is 6.30. The topological polar surface area (TPSA) is 38.5 Å². The van der Waals surface area contributed by atoms with E-state index in [9.17, 15) is 4.39 Å². The molecule has 1 heterocycles. The summed E-state index contributed by atoms with van der Waals surface area (Å²) in [6, 6.07) is 4.83. The highest BCUT2D eigenvalue weighted by atomic mass is 35.5. The van der Waals surface area contributed by atoms with Crippen molar-refractivity contribution in [1.82, 2.24) is 4.90 Å². The Kier molecular flexibility index (Phi) is 6.32. The van der Waals surface area contributed by atoms with E-state index in [4.69, 9.17) is 22.1 Å². The Morgan fingerprint density at radius 1 is 1.50 bits per heavy atom. The maximum Gasteiger partial charge on any atom is 0.141 e. The predicted octanol–water partition coefficient (Wildman–Crippen LogP) is 2.06. The molecule has 0 aromatic heterocycles. The van der Waals surface area contributed by atoms with Crippen LogP contribution in [0.1, 0.15) is 5.56 Å². The molecule has 102 valence electrons. The van der Waals surface area contributed by atoms with Gasteiger partial charge in [-0.15, -0.1) is 12.4 Å². The minimum Gasteiger partial charge on any atom is -0.374 e. The summed E-state index contributed by atoms with van der Waals surface area (Å²) in [5.41, 5.74) is 6.59.